The van der Waals surface area contributed by atoms with Crippen molar-refractivity contribution in [1.29, 1.82) is 0 Å². The van der Waals surface area contributed by atoms with Crippen molar-refractivity contribution >= 4 is 0 Å². The lowest BCUT2D eigenvalue weighted by molar-refractivity contribution is 0.411. The first-order chi connectivity index (χ1) is 9.60. The molecule has 2 rings (SSSR count). The second kappa shape index (κ2) is 6.48. The van der Waals surface area contributed by atoms with E-state index in [2.05, 4.69) is 24.1 Å². The fourth-order valence-corrected chi connectivity index (χ4v) is 1.91. The minimum atomic E-state index is -0.305. The first-order valence-electron chi connectivity index (χ1n) is 6.61. The zero-order valence-corrected chi connectivity index (χ0v) is 12.0. The Hall–Kier alpha value is -1.94. The summed E-state index contributed by atoms with van der Waals surface area (Å²) in [5.74, 6) is 0.206. The second-order valence-electron chi connectivity index (χ2n) is 4.96. The number of benzene rings is 1. The van der Waals surface area contributed by atoms with Gasteiger partial charge in [-0.2, -0.15) is 0 Å². The van der Waals surface area contributed by atoms with Crippen LogP contribution in [0, 0.1) is 5.82 Å². The minimum absolute atomic E-state index is 0.305. The van der Waals surface area contributed by atoms with E-state index in [9.17, 15) is 4.39 Å². The monoisotopic (exact) mass is 274 g/mol. The fourth-order valence-electron chi connectivity index (χ4n) is 1.91. The highest BCUT2D eigenvalue weighted by Crippen LogP contribution is 2.26. The third-order valence-corrected chi connectivity index (χ3v) is 3.00. The maximum atomic E-state index is 14.0. The molecule has 0 fully saturated rings. The van der Waals surface area contributed by atoms with Gasteiger partial charge in [0.25, 0.3) is 0 Å². The summed E-state index contributed by atoms with van der Waals surface area (Å²) in [6, 6.07) is 7.19. The summed E-state index contributed by atoms with van der Waals surface area (Å²) in [6.07, 6.45) is 3.46. The summed E-state index contributed by atoms with van der Waals surface area (Å²) in [5.41, 5.74) is 2.34. The topological polar surface area (TPSA) is 34.1 Å². The smallest absolute Gasteiger partial charge is 0.134 e. The molecule has 0 aliphatic carbocycles. The van der Waals surface area contributed by atoms with E-state index in [0.717, 1.165) is 17.7 Å². The maximum absolute atomic E-state index is 14.0. The molecule has 2 aromatic rings. The van der Waals surface area contributed by atoms with E-state index in [1.165, 1.54) is 13.2 Å². The van der Waals surface area contributed by atoms with Crippen LogP contribution in [0.1, 0.15) is 19.4 Å². The first-order valence-corrected chi connectivity index (χ1v) is 6.61. The quantitative estimate of drug-likeness (QED) is 0.907. The molecule has 0 aliphatic rings. The van der Waals surface area contributed by atoms with Crippen molar-refractivity contribution in [3.8, 4) is 16.9 Å². The maximum Gasteiger partial charge on any atom is 0.134 e. The summed E-state index contributed by atoms with van der Waals surface area (Å²) in [4.78, 5) is 4.18. The van der Waals surface area contributed by atoms with Gasteiger partial charge in [0.1, 0.15) is 11.6 Å². The van der Waals surface area contributed by atoms with Crippen LogP contribution in [0.25, 0.3) is 11.1 Å². The summed E-state index contributed by atoms with van der Waals surface area (Å²) in [6.45, 7) is 4.89. The lowest BCUT2D eigenvalue weighted by atomic mass is 10.1. The van der Waals surface area contributed by atoms with Gasteiger partial charge in [0.05, 0.1) is 7.11 Å². The Morgan fingerprint density at radius 2 is 2.05 bits per heavy atom. The minimum Gasteiger partial charge on any atom is -0.497 e. The normalized spacial score (nSPS) is 10.8. The molecule has 0 amide bonds. The Balaban J connectivity index is 2.26. The van der Waals surface area contributed by atoms with Crippen molar-refractivity contribution in [2.75, 3.05) is 7.11 Å². The molecular weight excluding hydrogens is 255 g/mol. The van der Waals surface area contributed by atoms with Gasteiger partial charge in [-0.3, -0.25) is 4.98 Å². The highest BCUT2D eigenvalue weighted by Gasteiger charge is 2.08. The predicted octanol–water partition coefficient (Wildman–Crippen LogP) is 3.39. The molecule has 0 atom stereocenters. The Morgan fingerprint density at radius 1 is 1.25 bits per heavy atom. The number of rotatable bonds is 5. The lowest BCUT2D eigenvalue weighted by Crippen LogP contribution is -2.21. The molecule has 0 radical (unpaired) electrons. The Labute approximate surface area is 118 Å². The molecule has 1 heterocycles. The number of ether oxygens (including phenoxy) is 1. The average Bonchev–Trinajstić information content (AvgIpc) is 2.45. The average molecular weight is 274 g/mol. The van der Waals surface area contributed by atoms with Crippen molar-refractivity contribution < 1.29 is 9.13 Å². The number of methoxy groups -OCH3 is 1. The van der Waals surface area contributed by atoms with Crippen molar-refractivity contribution in [3.63, 3.8) is 0 Å². The van der Waals surface area contributed by atoms with Crippen LogP contribution in [0.4, 0.5) is 4.39 Å². The summed E-state index contributed by atoms with van der Waals surface area (Å²) >= 11 is 0. The number of hydrogen-bond donors (Lipinski definition) is 1. The van der Waals surface area contributed by atoms with Crippen LogP contribution in [0.2, 0.25) is 0 Å². The molecular formula is C16H19FN2O. The van der Waals surface area contributed by atoms with Gasteiger partial charge in [-0.05, 0) is 23.8 Å². The van der Waals surface area contributed by atoms with E-state index in [0.29, 0.717) is 17.4 Å². The van der Waals surface area contributed by atoms with Crippen LogP contribution < -0.4 is 10.1 Å². The van der Waals surface area contributed by atoms with Gasteiger partial charge in [-0.25, -0.2) is 4.39 Å². The van der Waals surface area contributed by atoms with Crippen LogP contribution in [-0.4, -0.2) is 18.1 Å². The molecule has 0 saturated carbocycles. The lowest BCUT2D eigenvalue weighted by Gasteiger charge is -2.10. The molecule has 1 aromatic carbocycles. The van der Waals surface area contributed by atoms with Gasteiger partial charge in [0.15, 0.2) is 0 Å². The standard InChI is InChI=1S/C16H19FN2O/c1-11(2)19-9-12-6-13(10-18-8-12)15-5-4-14(20-3)7-16(15)17/h4-8,10-11,19H,9H2,1-3H3. The van der Waals surface area contributed by atoms with Gasteiger partial charge >= 0.3 is 0 Å². The molecule has 0 spiro atoms. The highest BCUT2D eigenvalue weighted by atomic mass is 19.1. The van der Waals surface area contributed by atoms with Gasteiger partial charge in [0, 0.05) is 42.2 Å². The molecule has 20 heavy (non-hydrogen) atoms. The van der Waals surface area contributed by atoms with E-state index in [1.807, 2.05) is 6.07 Å². The van der Waals surface area contributed by atoms with Crippen LogP contribution >= 0.6 is 0 Å². The van der Waals surface area contributed by atoms with E-state index in [-0.39, 0.29) is 5.82 Å². The van der Waals surface area contributed by atoms with Crippen LogP contribution in [0.3, 0.4) is 0 Å². The number of halogens is 1. The molecule has 3 nitrogen and oxygen atoms in total. The van der Waals surface area contributed by atoms with Crippen molar-refractivity contribution in [3.05, 3.63) is 48.0 Å². The molecule has 0 aliphatic heterocycles. The first kappa shape index (κ1) is 14.5. The molecule has 0 bridgehead atoms. The van der Waals surface area contributed by atoms with Gasteiger partial charge in [0.2, 0.25) is 0 Å². The Bertz CT molecular complexity index is 584. The Morgan fingerprint density at radius 3 is 2.70 bits per heavy atom. The van der Waals surface area contributed by atoms with Gasteiger partial charge in [-0.1, -0.05) is 13.8 Å². The van der Waals surface area contributed by atoms with Crippen LogP contribution in [0.5, 0.6) is 5.75 Å². The van der Waals surface area contributed by atoms with Gasteiger partial charge < -0.3 is 10.1 Å². The number of hydrogen-bond acceptors (Lipinski definition) is 3. The molecule has 0 saturated heterocycles. The fraction of sp³-hybridized carbons (Fsp3) is 0.312. The largest absolute Gasteiger partial charge is 0.497 e. The van der Waals surface area contributed by atoms with Crippen molar-refractivity contribution in [1.82, 2.24) is 10.3 Å². The number of aromatic nitrogens is 1. The van der Waals surface area contributed by atoms with Crippen molar-refractivity contribution in [2.24, 2.45) is 0 Å². The zero-order valence-electron chi connectivity index (χ0n) is 12.0. The van der Waals surface area contributed by atoms with E-state index in [1.54, 1.807) is 24.5 Å². The van der Waals surface area contributed by atoms with E-state index < -0.39 is 0 Å². The van der Waals surface area contributed by atoms with Crippen LogP contribution in [0.15, 0.2) is 36.7 Å². The molecule has 4 heteroatoms. The van der Waals surface area contributed by atoms with E-state index in [4.69, 9.17) is 4.74 Å². The molecule has 1 aromatic heterocycles. The number of nitrogens with one attached hydrogen (secondary N) is 1. The number of nitrogens with zero attached hydrogens (tertiary/aromatic N) is 1. The Kier molecular flexibility index (Phi) is 4.69. The molecule has 0 unspecified atom stereocenters. The predicted molar refractivity (Wildman–Crippen MR) is 78.2 cm³/mol. The van der Waals surface area contributed by atoms with Gasteiger partial charge in [-0.15, -0.1) is 0 Å². The van der Waals surface area contributed by atoms with E-state index >= 15 is 0 Å². The van der Waals surface area contributed by atoms with Crippen LogP contribution in [-0.2, 0) is 6.54 Å². The number of pyridine rings is 1. The highest BCUT2D eigenvalue weighted by molar-refractivity contribution is 5.64. The molecule has 106 valence electrons. The summed E-state index contributed by atoms with van der Waals surface area (Å²) < 4.78 is 19.1. The zero-order chi connectivity index (χ0) is 14.5. The summed E-state index contributed by atoms with van der Waals surface area (Å²) in [7, 11) is 1.52. The van der Waals surface area contributed by atoms with Crippen molar-refractivity contribution in [2.45, 2.75) is 26.4 Å². The third-order valence-electron chi connectivity index (χ3n) is 3.00. The summed E-state index contributed by atoms with van der Waals surface area (Å²) in [5, 5.41) is 3.32. The third kappa shape index (κ3) is 3.54. The molecule has 1 N–H and O–H groups in total. The SMILES string of the molecule is COc1ccc(-c2cncc(CNC(C)C)c2)c(F)c1. The second-order valence-corrected chi connectivity index (χ2v) is 4.96.